The molecule has 3 N–H and O–H groups in total. The second-order valence-corrected chi connectivity index (χ2v) is 3.47. The Balaban J connectivity index is 2.50. The molecule has 70 valence electrons. The molecule has 0 amide bonds. The molecule has 13 heavy (non-hydrogen) atoms. The lowest BCUT2D eigenvalue weighted by molar-refractivity contribution is 0.150. The van der Waals surface area contributed by atoms with Crippen molar-refractivity contribution in [3.05, 3.63) is 35.1 Å². The predicted molar refractivity (Wildman–Crippen MR) is 47.5 cm³/mol. The third-order valence-corrected chi connectivity index (χ3v) is 2.56. The molecule has 1 aliphatic rings. The van der Waals surface area contributed by atoms with Crippen molar-refractivity contribution in [1.82, 2.24) is 0 Å². The summed E-state index contributed by atoms with van der Waals surface area (Å²) in [4.78, 5) is 0. The Labute approximate surface area is 76.2 Å². The fourth-order valence-electron chi connectivity index (χ4n) is 1.82. The summed E-state index contributed by atoms with van der Waals surface area (Å²) in [5.74, 6) is -0.289. The summed E-state index contributed by atoms with van der Waals surface area (Å²) in [6.45, 7) is 0. The second kappa shape index (κ2) is 3.09. The van der Waals surface area contributed by atoms with E-state index in [0.29, 0.717) is 6.42 Å². The van der Waals surface area contributed by atoms with Crippen molar-refractivity contribution in [2.24, 2.45) is 5.73 Å². The van der Waals surface area contributed by atoms with Crippen LogP contribution in [0.2, 0.25) is 0 Å². The molecule has 1 aliphatic carbocycles. The number of hydrogen-bond acceptors (Lipinski definition) is 2. The summed E-state index contributed by atoms with van der Waals surface area (Å²) in [6, 6.07) is 4.27. The third-order valence-electron chi connectivity index (χ3n) is 2.56. The molecule has 0 fully saturated rings. The van der Waals surface area contributed by atoms with E-state index in [1.54, 1.807) is 6.07 Å². The van der Waals surface area contributed by atoms with Gasteiger partial charge in [-0.1, -0.05) is 6.07 Å². The molecule has 0 aliphatic heterocycles. The molecule has 3 heteroatoms. The van der Waals surface area contributed by atoms with Gasteiger partial charge in [-0.05, 0) is 36.1 Å². The van der Waals surface area contributed by atoms with Gasteiger partial charge < -0.3 is 10.8 Å². The minimum absolute atomic E-state index is 0.130. The molecule has 0 radical (unpaired) electrons. The van der Waals surface area contributed by atoms with Crippen LogP contribution in [0.25, 0.3) is 0 Å². The first-order chi connectivity index (χ1) is 6.18. The highest BCUT2D eigenvalue weighted by molar-refractivity contribution is 5.34. The lowest BCUT2D eigenvalue weighted by Gasteiger charge is -2.26. The standard InChI is InChI=1S/C10H12FNO/c11-6-1-2-7-8(5-6)9(12)3-4-10(7)13/h1-2,5,9-10,13H,3-4,12H2. The largest absolute Gasteiger partial charge is 0.388 e. The zero-order valence-electron chi connectivity index (χ0n) is 7.20. The molecular weight excluding hydrogens is 169 g/mol. The molecule has 0 heterocycles. The monoisotopic (exact) mass is 181 g/mol. The summed E-state index contributed by atoms with van der Waals surface area (Å²) in [5, 5.41) is 9.59. The molecular formula is C10H12FNO. The van der Waals surface area contributed by atoms with Gasteiger partial charge in [0, 0.05) is 6.04 Å². The van der Waals surface area contributed by atoms with Crippen LogP contribution in [0.5, 0.6) is 0 Å². The number of nitrogens with two attached hydrogens (primary N) is 1. The predicted octanol–water partition coefficient (Wildman–Crippen LogP) is 1.65. The van der Waals surface area contributed by atoms with Crippen molar-refractivity contribution in [3.8, 4) is 0 Å². The number of fused-ring (bicyclic) bond motifs is 1. The number of aliphatic hydroxyl groups is 1. The molecule has 0 aromatic heterocycles. The Morgan fingerprint density at radius 1 is 1.31 bits per heavy atom. The van der Waals surface area contributed by atoms with Crippen LogP contribution in [0.1, 0.15) is 36.1 Å². The van der Waals surface area contributed by atoms with E-state index in [0.717, 1.165) is 17.5 Å². The van der Waals surface area contributed by atoms with Gasteiger partial charge >= 0.3 is 0 Å². The normalized spacial score (nSPS) is 27.0. The quantitative estimate of drug-likeness (QED) is 0.639. The lowest BCUT2D eigenvalue weighted by atomic mass is 9.86. The van der Waals surface area contributed by atoms with E-state index in [1.807, 2.05) is 0 Å². The van der Waals surface area contributed by atoms with Crippen LogP contribution in [-0.4, -0.2) is 5.11 Å². The van der Waals surface area contributed by atoms with Gasteiger partial charge in [-0.15, -0.1) is 0 Å². The van der Waals surface area contributed by atoms with E-state index in [2.05, 4.69) is 0 Å². The Kier molecular flexibility index (Phi) is 2.06. The van der Waals surface area contributed by atoms with E-state index in [4.69, 9.17) is 5.73 Å². The van der Waals surface area contributed by atoms with Crippen molar-refractivity contribution in [2.45, 2.75) is 25.0 Å². The van der Waals surface area contributed by atoms with Crippen molar-refractivity contribution in [3.63, 3.8) is 0 Å². The van der Waals surface area contributed by atoms with Gasteiger partial charge in [-0.25, -0.2) is 4.39 Å². The highest BCUT2D eigenvalue weighted by Crippen LogP contribution is 2.34. The van der Waals surface area contributed by atoms with E-state index in [9.17, 15) is 9.50 Å². The van der Waals surface area contributed by atoms with Gasteiger partial charge in [0.15, 0.2) is 0 Å². The van der Waals surface area contributed by atoms with Crippen LogP contribution in [0.4, 0.5) is 4.39 Å². The third kappa shape index (κ3) is 1.45. The highest BCUT2D eigenvalue weighted by atomic mass is 19.1. The second-order valence-electron chi connectivity index (χ2n) is 3.47. The van der Waals surface area contributed by atoms with Gasteiger partial charge in [0.2, 0.25) is 0 Å². The van der Waals surface area contributed by atoms with Crippen LogP contribution in [0.3, 0.4) is 0 Å². The van der Waals surface area contributed by atoms with Crippen LogP contribution >= 0.6 is 0 Å². The van der Waals surface area contributed by atoms with Crippen molar-refractivity contribution < 1.29 is 9.50 Å². The molecule has 0 spiro atoms. The number of rotatable bonds is 0. The number of aliphatic hydroxyl groups excluding tert-OH is 1. The smallest absolute Gasteiger partial charge is 0.123 e. The molecule has 0 saturated heterocycles. The Hall–Kier alpha value is -0.930. The first-order valence-corrected chi connectivity index (χ1v) is 4.41. The number of hydrogen-bond donors (Lipinski definition) is 2. The van der Waals surface area contributed by atoms with Crippen molar-refractivity contribution in [1.29, 1.82) is 0 Å². The average molecular weight is 181 g/mol. The molecule has 0 saturated carbocycles. The molecule has 2 nitrogen and oxygen atoms in total. The first kappa shape index (κ1) is 8.66. The Morgan fingerprint density at radius 2 is 2.08 bits per heavy atom. The summed E-state index contributed by atoms with van der Waals surface area (Å²) >= 11 is 0. The lowest BCUT2D eigenvalue weighted by Crippen LogP contribution is -2.20. The fourth-order valence-corrected chi connectivity index (χ4v) is 1.82. The van der Waals surface area contributed by atoms with E-state index in [-0.39, 0.29) is 11.9 Å². The Morgan fingerprint density at radius 3 is 2.85 bits per heavy atom. The summed E-state index contributed by atoms with van der Waals surface area (Å²) in [6.07, 6.45) is 0.910. The van der Waals surface area contributed by atoms with E-state index < -0.39 is 6.10 Å². The van der Waals surface area contributed by atoms with Gasteiger partial charge in [-0.3, -0.25) is 0 Å². The van der Waals surface area contributed by atoms with Gasteiger partial charge in [0.1, 0.15) is 5.82 Å². The maximum absolute atomic E-state index is 12.9. The Bertz CT molecular complexity index is 327. The maximum atomic E-state index is 12.9. The molecule has 1 aromatic rings. The average Bonchev–Trinajstić information content (AvgIpc) is 2.12. The van der Waals surface area contributed by atoms with Crippen LogP contribution in [-0.2, 0) is 0 Å². The fraction of sp³-hybridized carbons (Fsp3) is 0.400. The summed E-state index contributed by atoms with van der Waals surface area (Å²) < 4.78 is 12.9. The van der Waals surface area contributed by atoms with E-state index in [1.165, 1.54) is 12.1 Å². The van der Waals surface area contributed by atoms with Gasteiger partial charge in [0.25, 0.3) is 0 Å². The summed E-state index contributed by atoms with van der Waals surface area (Å²) in [5.41, 5.74) is 7.33. The zero-order chi connectivity index (χ0) is 9.42. The maximum Gasteiger partial charge on any atom is 0.123 e. The summed E-state index contributed by atoms with van der Waals surface area (Å²) in [7, 11) is 0. The van der Waals surface area contributed by atoms with Crippen molar-refractivity contribution in [2.75, 3.05) is 0 Å². The molecule has 0 bridgehead atoms. The molecule has 2 atom stereocenters. The van der Waals surface area contributed by atoms with Crippen LogP contribution < -0.4 is 5.73 Å². The molecule has 1 aromatic carbocycles. The first-order valence-electron chi connectivity index (χ1n) is 4.41. The highest BCUT2D eigenvalue weighted by Gasteiger charge is 2.23. The van der Waals surface area contributed by atoms with E-state index >= 15 is 0 Å². The number of benzene rings is 1. The van der Waals surface area contributed by atoms with Crippen molar-refractivity contribution >= 4 is 0 Å². The minimum atomic E-state index is -0.476. The van der Waals surface area contributed by atoms with Gasteiger partial charge in [0.05, 0.1) is 6.10 Å². The topological polar surface area (TPSA) is 46.2 Å². The van der Waals surface area contributed by atoms with Crippen LogP contribution in [0, 0.1) is 5.82 Å². The molecule has 2 unspecified atom stereocenters. The zero-order valence-corrected chi connectivity index (χ0v) is 7.20. The molecule has 2 rings (SSSR count). The SMILES string of the molecule is NC1CCC(O)c2ccc(F)cc21. The van der Waals surface area contributed by atoms with Crippen LogP contribution in [0.15, 0.2) is 18.2 Å². The minimum Gasteiger partial charge on any atom is -0.388 e. The number of halogens is 1. The van der Waals surface area contributed by atoms with Gasteiger partial charge in [-0.2, -0.15) is 0 Å².